The van der Waals surface area contributed by atoms with Crippen LogP contribution in [0.1, 0.15) is 25.3 Å². The fraction of sp³-hybridized carbons (Fsp3) is 0.278. The zero-order chi connectivity index (χ0) is 14.8. The Morgan fingerprint density at radius 2 is 1.90 bits per heavy atom. The maximum atomic E-state index is 10.7. The molecule has 0 radical (unpaired) electrons. The highest BCUT2D eigenvalue weighted by molar-refractivity contribution is 6.07. The number of aryl methyl sites for hydroxylation is 1. The summed E-state index contributed by atoms with van der Waals surface area (Å²) in [7, 11) is 0. The summed E-state index contributed by atoms with van der Waals surface area (Å²) >= 11 is 0. The number of benzene rings is 2. The first kappa shape index (κ1) is 13.7. The number of fused-ring (bicyclic) bond motifs is 3. The molecule has 1 aromatic heterocycles. The lowest BCUT2D eigenvalue weighted by atomic mass is 9.97. The van der Waals surface area contributed by atoms with E-state index in [9.17, 15) is 4.79 Å². The van der Waals surface area contributed by atoms with Gasteiger partial charge in [0.1, 0.15) is 0 Å². The first-order valence-corrected chi connectivity index (χ1v) is 7.34. The lowest BCUT2D eigenvalue weighted by Crippen LogP contribution is -2.05. The minimum absolute atomic E-state index is 0.209. The van der Waals surface area contributed by atoms with E-state index >= 15 is 0 Å². The molecule has 3 nitrogen and oxygen atoms in total. The molecule has 0 saturated carbocycles. The van der Waals surface area contributed by atoms with Crippen LogP contribution in [0.25, 0.3) is 21.8 Å². The normalized spacial score (nSPS) is 12.8. The molecule has 21 heavy (non-hydrogen) atoms. The summed E-state index contributed by atoms with van der Waals surface area (Å²) in [4.78, 5) is 14.1. The highest BCUT2D eigenvalue weighted by Gasteiger charge is 2.09. The Labute approximate surface area is 123 Å². The van der Waals surface area contributed by atoms with E-state index in [4.69, 9.17) is 5.11 Å². The van der Waals surface area contributed by atoms with E-state index in [0.717, 1.165) is 23.9 Å². The van der Waals surface area contributed by atoms with Crippen LogP contribution < -0.4 is 0 Å². The molecular weight excluding hydrogens is 262 g/mol. The molecule has 3 heteroatoms. The topological polar surface area (TPSA) is 53.1 Å². The van der Waals surface area contributed by atoms with Gasteiger partial charge in [0.25, 0.3) is 0 Å². The van der Waals surface area contributed by atoms with Crippen LogP contribution in [-0.4, -0.2) is 16.1 Å². The molecule has 1 atom stereocenters. The quantitative estimate of drug-likeness (QED) is 0.730. The monoisotopic (exact) mass is 281 g/mol. The molecule has 2 aromatic carbocycles. The zero-order valence-corrected chi connectivity index (χ0v) is 12.1. The number of nitrogens with one attached hydrogen (secondary N) is 1. The summed E-state index contributed by atoms with van der Waals surface area (Å²) in [5.41, 5.74) is 3.58. The van der Waals surface area contributed by atoms with Crippen molar-refractivity contribution in [3.05, 3.63) is 48.0 Å². The maximum Gasteiger partial charge on any atom is 0.303 e. The number of carboxylic acid groups (broad SMARTS) is 1. The van der Waals surface area contributed by atoms with Crippen molar-refractivity contribution in [1.29, 1.82) is 0 Å². The molecule has 108 valence electrons. The van der Waals surface area contributed by atoms with Crippen LogP contribution in [0.3, 0.4) is 0 Å². The number of hydrogen-bond donors (Lipinski definition) is 2. The lowest BCUT2D eigenvalue weighted by Gasteiger charge is -2.08. The number of carboxylic acids is 1. The van der Waals surface area contributed by atoms with Gasteiger partial charge in [-0.2, -0.15) is 0 Å². The van der Waals surface area contributed by atoms with Gasteiger partial charge in [0.2, 0.25) is 0 Å². The maximum absolute atomic E-state index is 10.7. The van der Waals surface area contributed by atoms with E-state index in [2.05, 4.69) is 41.4 Å². The van der Waals surface area contributed by atoms with Gasteiger partial charge in [-0.15, -0.1) is 0 Å². The summed E-state index contributed by atoms with van der Waals surface area (Å²) in [6, 6.07) is 14.8. The molecule has 0 aliphatic carbocycles. The average molecular weight is 281 g/mol. The molecule has 0 bridgehead atoms. The van der Waals surface area contributed by atoms with Crippen molar-refractivity contribution in [2.75, 3.05) is 0 Å². The molecule has 1 heterocycles. The van der Waals surface area contributed by atoms with Gasteiger partial charge in [-0.05, 0) is 42.5 Å². The number of H-pyrrole nitrogens is 1. The van der Waals surface area contributed by atoms with Crippen molar-refractivity contribution in [2.45, 2.75) is 26.2 Å². The number of rotatable bonds is 5. The number of para-hydroxylation sites is 1. The molecule has 3 aromatic rings. The van der Waals surface area contributed by atoms with Crippen LogP contribution in [0.15, 0.2) is 42.5 Å². The van der Waals surface area contributed by atoms with Gasteiger partial charge in [0.05, 0.1) is 0 Å². The van der Waals surface area contributed by atoms with Crippen LogP contribution in [0.5, 0.6) is 0 Å². The van der Waals surface area contributed by atoms with Crippen molar-refractivity contribution in [1.82, 2.24) is 4.98 Å². The minimum atomic E-state index is -0.713. The Morgan fingerprint density at radius 3 is 2.71 bits per heavy atom. The van der Waals surface area contributed by atoms with Gasteiger partial charge in [-0.25, -0.2) is 0 Å². The number of aromatic nitrogens is 1. The fourth-order valence-corrected chi connectivity index (χ4v) is 2.86. The van der Waals surface area contributed by atoms with Gasteiger partial charge >= 0.3 is 5.97 Å². The smallest absolute Gasteiger partial charge is 0.303 e. The molecule has 0 spiro atoms. The third-order valence-corrected chi connectivity index (χ3v) is 4.02. The molecule has 0 saturated heterocycles. The van der Waals surface area contributed by atoms with Crippen molar-refractivity contribution in [2.24, 2.45) is 5.92 Å². The summed E-state index contributed by atoms with van der Waals surface area (Å²) in [6.07, 6.45) is 2.07. The zero-order valence-electron chi connectivity index (χ0n) is 12.1. The van der Waals surface area contributed by atoms with Crippen molar-refractivity contribution in [3.63, 3.8) is 0 Å². The van der Waals surface area contributed by atoms with Gasteiger partial charge in [-0.1, -0.05) is 31.2 Å². The SMILES string of the molecule is CC(CCc1ccc2[nH]c3ccccc3c2c1)CC(=O)O. The Kier molecular flexibility index (Phi) is 3.65. The number of hydrogen-bond acceptors (Lipinski definition) is 1. The van der Waals surface area contributed by atoms with E-state index in [1.54, 1.807) is 0 Å². The fourth-order valence-electron chi connectivity index (χ4n) is 2.86. The third-order valence-electron chi connectivity index (χ3n) is 4.02. The molecule has 2 N–H and O–H groups in total. The number of aromatic amines is 1. The van der Waals surface area contributed by atoms with Crippen molar-refractivity contribution < 1.29 is 9.90 Å². The summed E-state index contributed by atoms with van der Waals surface area (Å²) in [5.74, 6) is -0.504. The summed E-state index contributed by atoms with van der Waals surface area (Å²) < 4.78 is 0. The average Bonchev–Trinajstić information content (AvgIpc) is 2.82. The molecule has 3 rings (SSSR count). The van der Waals surface area contributed by atoms with Gasteiger partial charge in [0, 0.05) is 28.2 Å². The Hall–Kier alpha value is -2.29. The largest absolute Gasteiger partial charge is 0.481 e. The van der Waals surface area contributed by atoms with E-state index in [-0.39, 0.29) is 12.3 Å². The highest BCUT2D eigenvalue weighted by Crippen LogP contribution is 2.26. The molecule has 0 amide bonds. The predicted molar refractivity (Wildman–Crippen MR) is 85.5 cm³/mol. The van der Waals surface area contributed by atoms with Crippen molar-refractivity contribution in [3.8, 4) is 0 Å². The van der Waals surface area contributed by atoms with Crippen LogP contribution in [-0.2, 0) is 11.2 Å². The minimum Gasteiger partial charge on any atom is -0.481 e. The number of carbonyl (C=O) groups is 1. The molecule has 0 fully saturated rings. The molecule has 0 aliphatic rings. The standard InChI is InChI=1S/C18H19NO2/c1-12(10-18(20)21)6-7-13-8-9-17-15(11-13)14-4-2-3-5-16(14)19-17/h2-5,8-9,11-12,19H,6-7,10H2,1H3,(H,20,21). The summed E-state index contributed by atoms with van der Waals surface area (Å²) in [5, 5.41) is 11.3. The second-order valence-electron chi connectivity index (χ2n) is 5.79. The van der Waals surface area contributed by atoms with E-state index in [0.29, 0.717) is 0 Å². The predicted octanol–water partition coefficient (Wildman–Crippen LogP) is 4.36. The Balaban J connectivity index is 1.83. The van der Waals surface area contributed by atoms with E-state index < -0.39 is 5.97 Å². The first-order chi connectivity index (χ1) is 10.1. The van der Waals surface area contributed by atoms with Gasteiger partial charge < -0.3 is 10.1 Å². The van der Waals surface area contributed by atoms with Crippen LogP contribution in [0, 0.1) is 5.92 Å². The second kappa shape index (κ2) is 5.60. The van der Waals surface area contributed by atoms with E-state index in [1.807, 2.05) is 13.0 Å². The highest BCUT2D eigenvalue weighted by atomic mass is 16.4. The van der Waals surface area contributed by atoms with Gasteiger partial charge in [-0.3, -0.25) is 4.79 Å². The van der Waals surface area contributed by atoms with Crippen LogP contribution in [0.2, 0.25) is 0 Å². The summed E-state index contributed by atoms with van der Waals surface area (Å²) in [6.45, 7) is 2.00. The molecule has 0 aliphatic heterocycles. The second-order valence-corrected chi connectivity index (χ2v) is 5.79. The first-order valence-electron chi connectivity index (χ1n) is 7.34. The van der Waals surface area contributed by atoms with E-state index in [1.165, 1.54) is 16.3 Å². The third kappa shape index (κ3) is 2.92. The Morgan fingerprint density at radius 1 is 1.14 bits per heavy atom. The van der Waals surface area contributed by atoms with Crippen LogP contribution in [0.4, 0.5) is 0 Å². The van der Waals surface area contributed by atoms with Gasteiger partial charge in [0.15, 0.2) is 0 Å². The van der Waals surface area contributed by atoms with Crippen LogP contribution >= 0.6 is 0 Å². The lowest BCUT2D eigenvalue weighted by molar-refractivity contribution is -0.138. The Bertz CT molecular complexity index is 788. The molecule has 1 unspecified atom stereocenters. The molecular formula is C18H19NO2. The number of aliphatic carboxylic acids is 1. The van der Waals surface area contributed by atoms with Crippen molar-refractivity contribution >= 4 is 27.8 Å².